The molecule has 80 valence electrons. The zero-order valence-electron chi connectivity index (χ0n) is 8.12. The standard InChI is InChI=1S/C9H8Cl2N2O2/c1-5-6(3-4-7(14)15-2)8(10)13-9(11)12-5/h3-4H,1-2H3. The van der Waals surface area contributed by atoms with Crippen LogP contribution in [0.1, 0.15) is 11.3 Å². The van der Waals surface area contributed by atoms with E-state index in [2.05, 4.69) is 14.7 Å². The molecular weight excluding hydrogens is 239 g/mol. The maximum Gasteiger partial charge on any atom is 0.330 e. The number of rotatable bonds is 2. The molecule has 0 aliphatic heterocycles. The van der Waals surface area contributed by atoms with Crippen molar-refractivity contribution in [1.29, 1.82) is 0 Å². The molecule has 1 heterocycles. The van der Waals surface area contributed by atoms with E-state index in [4.69, 9.17) is 23.2 Å². The molecule has 0 amide bonds. The van der Waals surface area contributed by atoms with Crippen LogP contribution in [-0.2, 0) is 9.53 Å². The van der Waals surface area contributed by atoms with Gasteiger partial charge in [-0.05, 0) is 24.6 Å². The Kier molecular flexibility index (Phi) is 4.05. The SMILES string of the molecule is COC(=O)C=Cc1c(C)nc(Cl)nc1Cl. The number of hydrogen-bond acceptors (Lipinski definition) is 4. The van der Waals surface area contributed by atoms with Gasteiger partial charge in [-0.2, -0.15) is 0 Å². The Hall–Kier alpha value is -1.13. The van der Waals surface area contributed by atoms with E-state index >= 15 is 0 Å². The number of hydrogen-bond donors (Lipinski definition) is 0. The minimum Gasteiger partial charge on any atom is -0.466 e. The summed E-state index contributed by atoms with van der Waals surface area (Å²) in [5.74, 6) is -0.472. The highest BCUT2D eigenvalue weighted by Crippen LogP contribution is 2.19. The van der Waals surface area contributed by atoms with E-state index in [1.807, 2.05) is 0 Å². The van der Waals surface area contributed by atoms with Crippen molar-refractivity contribution in [3.05, 3.63) is 27.8 Å². The summed E-state index contributed by atoms with van der Waals surface area (Å²) in [4.78, 5) is 18.5. The van der Waals surface area contributed by atoms with Crippen molar-refractivity contribution in [3.8, 4) is 0 Å². The molecule has 0 saturated heterocycles. The lowest BCUT2D eigenvalue weighted by molar-refractivity contribution is -0.134. The Morgan fingerprint density at radius 3 is 2.60 bits per heavy atom. The van der Waals surface area contributed by atoms with Gasteiger partial charge in [0.2, 0.25) is 5.28 Å². The van der Waals surface area contributed by atoms with Gasteiger partial charge in [0, 0.05) is 11.6 Å². The Morgan fingerprint density at radius 1 is 1.40 bits per heavy atom. The number of ether oxygens (including phenoxy) is 1. The second-order valence-electron chi connectivity index (χ2n) is 2.64. The van der Waals surface area contributed by atoms with Crippen molar-refractivity contribution in [2.45, 2.75) is 6.92 Å². The molecular formula is C9H8Cl2N2O2. The molecule has 0 fully saturated rings. The van der Waals surface area contributed by atoms with E-state index in [0.717, 1.165) is 0 Å². The number of carbonyl (C=O) groups is 1. The van der Waals surface area contributed by atoms with Crippen LogP contribution in [0.2, 0.25) is 10.4 Å². The zero-order valence-corrected chi connectivity index (χ0v) is 9.63. The second kappa shape index (κ2) is 5.09. The fourth-order valence-corrected chi connectivity index (χ4v) is 1.46. The van der Waals surface area contributed by atoms with Crippen molar-refractivity contribution >= 4 is 35.2 Å². The van der Waals surface area contributed by atoms with Crippen molar-refractivity contribution in [1.82, 2.24) is 9.97 Å². The topological polar surface area (TPSA) is 52.1 Å². The maximum absolute atomic E-state index is 10.9. The maximum atomic E-state index is 10.9. The minimum absolute atomic E-state index is 0.0766. The molecule has 0 bridgehead atoms. The predicted octanol–water partition coefficient (Wildman–Crippen LogP) is 2.28. The van der Waals surface area contributed by atoms with Crippen molar-refractivity contribution in [3.63, 3.8) is 0 Å². The summed E-state index contributed by atoms with van der Waals surface area (Å²) in [7, 11) is 1.29. The van der Waals surface area contributed by atoms with Crippen LogP contribution < -0.4 is 0 Å². The first-order chi connectivity index (χ1) is 7.04. The molecule has 4 nitrogen and oxygen atoms in total. The fraction of sp³-hybridized carbons (Fsp3) is 0.222. The number of esters is 1. The van der Waals surface area contributed by atoms with E-state index in [-0.39, 0.29) is 10.4 Å². The van der Waals surface area contributed by atoms with Crippen molar-refractivity contribution < 1.29 is 9.53 Å². The number of carbonyl (C=O) groups excluding carboxylic acids is 1. The van der Waals surface area contributed by atoms with Crippen LogP contribution in [0.15, 0.2) is 6.08 Å². The zero-order chi connectivity index (χ0) is 11.4. The van der Waals surface area contributed by atoms with Gasteiger partial charge in [-0.1, -0.05) is 11.6 Å². The number of aryl methyl sites for hydroxylation is 1. The van der Waals surface area contributed by atoms with Crippen molar-refractivity contribution in [2.75, 3.05) is 7.11 Å². The number of nitrogens with zero attached hydrogens (tertiary/aromatic N) is 2. The van der Waals surface area contributed by atoms with Crippen LogP contribution >= 0.6 is 23.2 Å². The largest absolute Gasteiger partial charge is 0.466 e. The van der Waals surface area contributed by atoms with Crippen LogP contribution in [0.5, 0.6) is 0 Å². The van der Waals surface area contributed by atoms with Crippen molar-refractivity contribution in [2.24, 2.45) is 0 Å². The molecule has 1 rings (SSSR count). The summed E-state index contributed by atoms with van der Waals surface area (Å²) >= 11 is 11.4. The average Bonchev–Trinajstić information content (AvgIpc) is 2.15. The number of methoxy groups -OCH3 is 1. The smallest absolute Gasteiger partial charge is 0.330 e. The lowest BCUT2D eigenvalue weighted by Crippen LogP contribution is -1.96. The summed E-state index contributed by atoms with van der Waals surface area (Å²) in [5.41, 5.74) is 1.15. The first-order valence-electron chi connectivity index (χ1n) is 4.00. The summed E-state index contributed by atoms with van der Waals surface area (Å²) in [6.45, 7) is 1.72. The predicted molar refractivity (Wildman–Crippen MR) is 57.8 cm³/mol. The highest BCUT2D eigenvalue weighted by Gasteiger charge is 2.06. The lowest BCUT2D eigenvalue weighted by Gasteiger charge is -2.01. The van der Waals surface area contributed by atoms with E-state index in [9.17, 15) is 4.79 Å². The summed E-state index contributed by atoms with van der Waals surface area (Å²) in [5, 5.41) is 0.278. The molecule has 0 radical (unpaired) electrons. The molecule has 0 aliphatic rings. The van der Waals surface area contributed by atoms with Crippen LogP contribution in [-0.4, -0.2) is 23.0 Å². The Bertz CT molecular complexity index is 396. The molecule has 0 saturated carbocycles. The van der Waals surface area contributed by atoms with E-state index in [0.29, 0.717) is 11.3 Å². The monoisotopic (exact) mass is 246 g/mol. The van der Waals surface area contributed by atoms with E-state index < -0.39 is 5.97 Å². The molecule has 0 N–H and O–H groups in total. The Labute approximate surface area is 96.9 Å². The van der Waals surface area contributed by atoms with Crippen LogP contribution in [0.3, 0.4) is 0 Å². The fourth-order valence-electron chi connectivity index (χ4n) is 0.923. The van der Waals surface area contributed by atoms with Gasteiger partial charge in [-0.25, -0.2) is 14.8 Å². The van der Waals surface area contributed by atoms with Gasteiger partial charge in [-0.15, -0.1) is 0 Å². The first-order valence-corrected chi connectivity index (χ1v) is 4.76. The number of aromatic nitrogens is 2. The molecule has 0 spiro atoms. The molecule has 0 aromatic carbocycles. The average molecular weight is 247 g/mol. The highest BCUT2D eigenvalue weighted by molar-refractivity contribution is 6.32. The van der Waals surface area contributed by atoms with Crippen LogP contribution in [0, 0.1) is 6.92 Å². The molecule has 0 atom stereocenters. The molecule has 0 aliphatic carbocycles. The first kappa shape index (κ1) is 11.9. The van der Waals surface area contributed by atoms with Crippen LogP contribution in [0.25, 0.3) is 6.08 Å². The summed E-state index contributed by atoms with van der Waals surface area (Å²) < 4.78 is 4.44. The number of halogens is 2. The lowest BCUT2D eigenvalue weighted by atomic mass is 10.2. The van der Waals surface area contributed by atoms with Gasteiger partial charge < -0.3 is 4.74 Å². The van der Waals surface area contributed by atoms with Gasteiger partial charge in [0.1, 0.15) is 5.15 Å². The second-order valence-corrected chi connectivity index (χ2v) is 3.34. The van der Waals surface area contributed by atoms with E-state index in [1.165, 1.54) is 19.3 Å². The van der Waals surface area contributed by atoms with Crippen LogP contribution in [0.4, 0.5) is 0 Å². The Morgan fingerprint density at radius 2 is 2.07 bits per heavy atom. The normalized spacial score (nSPS) is 10.7. The highest BCUT2D eigenvalue weighted by atomic mass is 35.5. The summed E-state index contributed by atoms with van der Waals surface area (Å²) in [6.07, 6.45) is 2.73. The molecule has 1 aromatic heterocycles. The van der Waals surface area contributed by atoms with E-state index in [1.54, 1.807) is 6.92 Å². The quantitative estimate of drug-likeness (QED) is 0.348. The third kappa shape index (κ3) is 3.18. The van der Waals surface area contributed by atoms with Gasteiger partial charge in [0.25, 0.3) is 0 Å². The Balaban J connectivity index is 3.05. The van der Waals surface area contributed by atoms with Gasteiger partial charge in [0.15, 0.2) is 0 Å². The third-order valence-electron chi connectivity index (χ3n) is 1.65. The minimum atomic E-state index is -0.472. The molecule has 6 heteroatoms. The van der Waals surface area contributed by atoms with Gasteiger partial charge in [-0.3, -0.25) is 0 Å². The molecule has 1 aromatic rings. The molecule has 0 unspecified atom stereocenters. The summed E-state index contributed by atoms with van der Waals surface area (Å²) in [6, 6.07) is 0. The third-order valence-corrected chi connectivity index (χ3v) is 2.11. The van der Waals surface area contributed by atoms with Gasteiger partial charge in [0.05, 0.1) is 12.8 Å². The molecule has 15 heavy (non-hydrogen) atoms. The van der Waals surface area contributed by atoms with Gasteiger partial charge >= 0.3 is 5.97 Å².